The highest BCUT2D eigenvalue weighted by Gasteiger charge is 2.67. The number of tetrazole rings is 3. The Morgan fingerprint density at radius 1 is 0.585 bits per heavy atom. The topological polar surface area (TPSA) is 314 Å². The van der Waals surface area contributed by atoms with Gasteiger partial charge in [-0.05, 0) is 154 Å². The van der Waals surface area contributed by atoms with Crippen molar-refractivity contribution in [2.24, 2.45) is 10.4 Å². The molecule has 8 aromatic rings. The number of hydroxylamine groups is 1. The molecule has 4 amide bonds. The van der Waals surface area contributed by atoms with Crippen LogP contribution in [0.25, 0.3) is 34.2 Å². The number of amides is 4. The first kappa shape index (κ1) is 63.0. The summed E-state index contributed by atoms with van der Waals surface area (Å²) in [5.41, 5.74) is -3.87. The van der Waals surface area contributed by atoms with E-state index in [0.29, 0.717) is 58.2 Å². The van der Waals surface area contributed by atoms with Crippen LogP contribution >= 0.6 is 0 Å². The number of benzene rings is 5. The number of aromatic nitrogens is 12. The van der Waals surface area contributed by atoms with Crippen LogP contribution in [-0.2, 0) is 33.6 Å². The Bertz CT molecular complexity index is 4110. The number of hydrogen-bond acceptors (Lipinski definition) is 23. The first-order chi connectivity index (χ1) is 45.7. The molecule has 0 saturated carbocycles. The van der Waals surface area contributed by atoms with Crippen LogP contribution in [0.15, 0.2) is 138 Å². The van der Waals surface area contributed by atoms with Crippen molar-refractivity contribution in [3.05, 3.63) is 156 Å². The SMILES string of the molecule is CN(C(=O)C(On1nnnc1-c1ccccc1F)N1N=NN(OC(C(=O)C(=O)N2CCCCC2)(C(On2nnnc2-c2cccc(F)c2)C(=O)N2CCCCC2)C2CCCCN2C(=O)C(=O)COn2nnnc2-c2ccccc2F)C1c1ccccc1F)c1ccccc1. The van der Waals surface area contributed by atoms with Gasteiger partial charge in [0.2, 0.25) is 29.2 Å². The lowest BCUT2D eigenvalue weighted by Crippen LogP contribution is -2.75. The van der Waals surface area contributed by atoms with Crippen LogP contribution in [0, 0.1) is 23.3 Å². The number of nitrogens with zero attached hydrogens (tertiary/aromatic N) is 20. The number of halogens is 4. The summed E-state index contributed by atoms with van der Waals surface area (Å²) in [5.74, 6) is -12.0. The standard InChI is InChI=1S/C60H58F4N20O10/c1-76(40-22-5-2-6-23-40)58(90)59(93-83-53(67-70-73-83)42-25-8-11-28-45(42)63)80-54(43-26-9-12-29-46(43)64)84(75-74-80)94-60(49(86)56(88)77-31-14-3-15-32-77,50(57(89)78-33-16-4-17-34-78)92-82-51(65-68-72-82)38-20-19-21-39(61)36-38)48-30-13-18-35-79(48)55(87)47(85)37-91-81-52(66-69-71-81)41-24-7-10-27-44(41)62/h2,5-12,19-29,36,48,50,54,59H,3-4,13-18,30-35,37H2,1H3. The number of carbonyl (C=O) groups excluding carboxylic acids is 6. The van der Waals surface area contributed by atoms with Crippen molar-refractivity contribution in [1.82, 2.24) is 86.0 Å². The number of likely N-dealkylation sites (N-methyl/N-ethyl adjacent to an activating group) is 1. The second kappa shape index (κ2) is 27.7. The van der Waals surface area contributed by atoms with E-state index in [-0.39, 0.29) is 85.3 Å². The van der Waals surface area contributed by atoms with Crippen LogP contribution in [0.2, 0.25) is 0 Å². The molecule has 5 aromatic carbocycles. The van der Waals surface area contributed by atoms with E-state index in [1.165, 1.54) is 83.6 Å². The largest absolute Gasteiger partial charge is 0.385 e. The minimum absolute atomic E-state index is 0.00916. The summed E-state index contributed by atoms with van der Waals surface area (Å²) in [7, 11) is 1.37. The minimum Gasteiger partial charge on any atom is -0.385 e. The molecule has 0 spiro atoms. The Labute approximate surface area is 530 Å². The van der Waals surface area contributed by atoms with Gasteiger partial charge in [-0.3, -0.25) is 28.8 Å². The average Bonchev–Trinajstić information content (AvgIpc) is 1.15. The molecular weight excluding hydrogens is 1240 g/mol. The Morgan fingerprint density at radius 3 is 1.81 bits per heavy atom. The van der Waals surface area contributed by atoms with Crippen molar-refractivity contribution in [1.29, 1.82) is 0 Å². The van der Waals surface area contributed by atoms with Crippen molar-refractivity contribution in [2.75, 3.05) is 51.3 Å². The normalized spacial score (nSPS) is 17.9. The number of rotatable bonds is 22. The molecule has 30 nitrogen and oxygen atoms in total. The van der Waals surface area contributed by atoms with Gasteiger partial charge in [-0.1, -0.05) is 87.3 Å². The number of carbonyl (C=O) groups is 6. The molecule has 4 aliphatic rings. The van der Waals surface area contributed by atoms with Gasteiger partial charge in [0.05, 0.1) is 17.2 Å². The average molecular weight is 1300 g/mol. The molecule has 486 valence electrons. The Balaban J connectivity index is 1.05. The van der Waals surface area contributed by atoms with Crippen molar-refractivity contribution >= 4 is 40.9 Å². The third-order valence-electron chi connectivity index (χ3n) is 16.4. The number of anilines is 1. The number of Topliss-reactive ketones (excluding diaryl/α,β-unsaturated/α-hetero) is 2. The van der Waals surface area contributed by atoms with Gasteiger partial charge in [-0.25, -0.2) is 22.4 Å². The van der Waals surface area contributed by atoms with E-state index in [2.05, 4.69) is 57.0 Å². The Hall–Kier alpha value is -11.2. The van der Waals surface area contributed by atoms with Crippen molar-refractivity contribution in [3.8, 4) is 34.2 Å². The predicted molar refractivity (Wildman–Crippen MR) is 313 cm³/mol. The molecule has 94 heavy (non-hydrogen) atoms. The van der Waals surface area contributed by atoms with E-state index in [1.54, 1.807) is 30.3 Å². The Kier molecular flexibility index (Phi) is 18.6. The van der Waals surface area contributed by atoms with Crippen LogP contribution < -0.4 is 19.4 Å². The molecule has 5 unspecified atom stereocenters. The summed E-state index contributed by atoms with van der Waals surface area (Å²) in [6.07, 6.45) is -4.07. The molecule has 3 fully saturated rings. The summed E-state index contributed by atoms with van der Waals surface area (Å²) in [6, 6.07) is 26.9. The van der Waals surface area contributed by atoms with E-state index in [9.17, 15) is 4.79 Å². The van der Waals surface area contributed by atoms with Crippen LogP contribution in [0.5, 0.6) is 0 Å². The first-order valence-corrected chi connectivity index (χ1v) is 30.0. The van der Waals surface area contributed by atoms with Crippen molar-refractivity contribution < 1.29 is 65.7 Å². The second-order valence-corrected chi connectivity index (χ2v) is 22.2. The van der Waals surface area contributed by atoms with Gasteiger partial charge in [0.1, 0.15) is 23.3 Å². The zero-order chi connectivity index (χ0) is 65.5. The quantitative estimate of drug-likeness (QED) is 0.0682. The molecule has 7 heterocycles. The summed E-state index contributed by atoms with van der Waals surface area (Å²) in [4.78, 5) is 127. The maximum absolute atomic E-state index is 17.3. The number of ketones is 2. The smallest absolute Gasteiger partial charge is 0.297 e. The number of piperidine rings is 3. The van der Waals surface area contributed by atoms with Crippen LogP contribution in [-0.4, -0.2) is 192 Å². The van der Waals surface area contributed by atoms with Gasteiger partial charge in [0.25, 0.3) is 41.4 Å². The molecule has 3 aromatic heterocycles. The fourth-order valence-electron chi connectivity index (χ4n) is 11.7. The van der Waals surface area contributed by atoms with E-state index in [0.717, 1.165) is 45.1 Å². The molecule has 0 bridgehead atoms. The highest BCUT2D eigenvalue weighted by molar-refractivity contribution is 6.41. The highest BCUT2D eigenvalue weighted by atomic mass is 19.1. The molecule has 5 atom stereocenters. The third kappa shape index (κ3) is 12.6. The third-order valence-corrected chi connectivity index (χ3v) is 16.4. The van der Waals surface area contributed by atoms with Crippen LogP contribution in [0.4, 0.5) is 23.2 Å². The Morgan fingerprint density at radius 2 is 1.16 bits per heavy atom. The fourth-order valence-corrected chi connectivity index (χ4v) is 11.7. The molecule has 0 aliphatic carbocycles. The summed E-state index contributed by atoms with van der Waals surface area (Å²) in [5, 5.41) is 44.8. The minimum atomic E-state index is -3.38. The van der Waals surface area contributed by atoms with Gasteiger partial charge in [0, 0.05) is 56.6 Å². The zero-order valence-corrected chi connectivity index (χ0v) is 50.1. The molecule has 0 radical (unpaired) electrons. The number of para-hydroxylation sites is 1. The van der Waals surface area contributed by atoms with E-state index in [1.807, 2.05) is 0 Å². The van der Waals surface area contributed by atoms with Crippen LogP contribution in [0.3, 0.4) is 0 Å². The van der Waals surface area contributed by atoms with E-state index >= 15 is 41.5 Å². The summed E-state index contributed by atoms with van der Waals surface area (Å²) < 4.78 is 63.2. The fraction of sp³-hybridized carbons (Fsp3) is 0.350. The molecule has 4 aliphatic heterocycles. The van der Waals surface area contributed by atoms with Gasteiger partial charge in [-0.15, -0.1) is 20.5 Å². The zero-order valence-electron chi connectivity index (χ0n) is 50.1. The number of likely N-dealkylation sites (tertiary alicyclic amines) is 3. The van der Waals surface area contributed by atoms with E-state index < -0.39 is 107 Å². The lowest BCUT2D eigenvalue weighted by atomic mass is 9.77. The molecule has 34 heteroatoms. The maximum atomic E-state index is 17.3. The molecular formula is C60H58F4N20O10. The van der Waals surface area contributed by atoms with Crippen molar-refractivity contribution in [3.63, 3.8) is 0 Å². The molecule has 12 rings (SSSR count). The molecule has 3 saturated heterocycles. The van der Waals surface area contributed by atoms with Gasteiger partial charge in [0.15, 0.2) is 12.8 Å². The summed E-state index contributed by atoms with van der Waals surface area (Å²) >= 11 is 0. The monoisotopic (exact) mass is 1290 g/mol. The first-order valence-electron chi connectivity index (χ1n) is 30.0. The van der Waals surface area contributed by atoms with Gasteiger partial charge in [-0.2, -0.15) is 5.01 Å². The lowest BCUT2D eigenvalue weighted by molar-refractivity contribution is -0.310. The highest BCUT2D eigenvalue weighted by Crippen LogP contribution is 2.43. The van der Waals surface area contributed by atoms with Crippen molar-refractivity contribution in [2.45, 2.75) is 87.9 Å². The van der Waals surface area contributed by atoms with Crippen LogP contribution in [0.1, 0.15) is 69.5 Å². The predicted octanol–water partition coefficient (Wildman–Crippen LogP) is 4.06. The summed E-state index contributed by atoms with van der Waals surface area (Å²) in [6.45, 7) is -1.44. The molecule has 0 N–H and O–H groups in total. The van der Waals surface area contributed by atoms with Gasteiger partial charge >= 0.3 is 0 Å². The van der Waals surface area contributed by atoms with E-state index in [4.69, 9.17) is 19.4 Å². The van der Waals surface area contributed by atoms with Gasteiger partial charge < -0.3 is 34.1 Å². The number of hydrogen-bond donors (Lipinski definition) is 0. The maximum Gasteiger partial charge on any atom is 0.297 e. The second-order valence-electron chi connectivity index (χ2n) is 22.2. The lowest BCUT2D eigenvalue weighted by Gasteiger charge is -2.50.